The number of hydrogen-bond donors (Lipinski definition) is 0. The summed E-state index contributed by atoms with van der Waals surface area (Å²) in [6.07, 6.45) is 0. The second-order valence-electron chi connectivity index (χ2n) is 3.92. The molecule has 5 heteroatoms. The quantitative estimate of drug-likeness (QED) is 0.435. The maximum Gasteiger partial charge on any atom is 0.142 e. The van der Waals surface area contributed by atoms with Crippen molar-refractivity contribution in [2.75, 3.05) is 0 Å². The van der Waals surface area contributed by atoms with Crippen molar-refractivity contribution in [1.82, 2.24) is 0 Å². The average Bonchev–Trinajstić information content (AvgIpc) is 2.39. The van der Waals surface area contributed by atoms with E-state index in [1.807, 2.05) is 24.3 Å². The van der Waals surface area contributed by atoms with E-state index >= 15 is 0 Å². The van der Waals surface area contributed by atoms with E-state index in [1.54, 1.807) is 12.1 Å². The van der Waals surface area contributed by atoms with Crippen LogP contribution in [-0.2, 0) is 12.5 Å². The van der Waals surface area contributed by atoms with Gasteiger partial charge in [0.2, 0.25) is 0 Å². The molecule has 100 valence electrons. The average molecular weight is 427 g/mol. The molecule has 0 aliphatic rings. The molecule has 1 nitrogen and oxygen atoms in total. The Morgan fingerprint density at radius 3 is 2.37 bits per heavy atom. The molecule has 2 rings (SSSR count). The Labute approximate surface area is 141 Å². The summed E-state index contributed by atoms with van der Waals surface area (Å²) in [4.78, 5) is 0. The second kappa shape index (κ2) is 7.02. The van der Waals surface area contributed by atoms with Gasteiger partial charge in [-0.1, -0.05) is 35.3 Å². The van der Waals surface area contributed by atoms with Crippen LogP contribution in [0.15, 0.2) is 36.4 Å². The SMILES string of the molecule is ClCc1cc(Cl)cc(Cl)c1OCc1ccc(I)cc1. The van der Waals surface area contributed by atoms with Gasteiger partial charge in [0.15, 0.2) is 0 Å². The van der Waals surface area contributed by atoms with E-state index in [2.05, 4.69) is 22.6 Å². The Morgan fingerprint density at radius 1 is 1.05 bits per heavy atom. The van der Waals surface area contributed by atoms with Crippen LogP contribution in [0.25, 0.3) is 0 Å². The lowest BCUT2D eigenvalue weighted by molar-refractivity contribution is 0.304. The maximum atomic E-state index is 6.14. The highest BCUT2D eigenvalue weighted by Gasteiger charge is 2.10. The van der Waals surface area contributed by atoms with Crippen LogP contribution in [0.5, 0.6) is 5.75 Å². The Balaban J connectivity index is 2.17. The third kappa shape index (κ3) is 4.15. The molecule has 0 amide bonds. The Bertz CT molecular complexity index is 570. The highest BCUT2D eigenvalue weighted by molar-refractivity contribution is 14.1. The van der Waals surface area contributed by atoms with Crippen molar-refractivity contribution in [2.45, 2.75) is 12.5 Å². The summed E-state index contributed by atoms with van der Waals surface area (Å²) in [5.74, 6) is 0.905. The number of ether oxygens (including phenoxy) is 1. The third-order valence-corrected chi connectivity index (χ3v) is 4.03. The minimum Gasteiger partial charge on any atom is -0.487 e. The van der Waals surface area contributed by atoms with Crippen LogP contribution in [0.1, 0.15) is 11.1 Å². The molecule has 0 atom stereocenters. The van der Waals surface area contributed by atoms with Gasteiger partial charge in [-0.3, -0.25) is 0 Å². The van der Waals surface area contributed by atoms with Crippen LogP contribution in [-0.4, -0.2) is 0 Å². The molecule has 0 aromatic heterocycles. The maximum absolute atomic E-state index is 6.14. The summed E-state index contributed by atoms with van der Waals surface area (Å²) in [6.45, 7) is 0.447. The van der Waals surface area contributed by atoms with Crippen molar-refractivity contribution in [3.8, 4) is 5.75 Å². The number of rotatable bonds is 4. The molecule has 0 radical (unpaired) electrons. The summed E-state index contributed by atoms with van der Waals surface area (Å²) in [6, 6.07) is 11.5. The second-order valence-corrected chi connectivity index (χ2v) is 6.28. The minimum atomic E-state index is 0.308. The lowest BCUT2D eigenvalue weighted by Crippen LogP contribution is -1.99. The van der Waals surface area contributed by atoms with Crippen molar-refractivity contribution in [1.29, 1.82) is 0 Å². The Kier molecular flexibility index (Phi) is 5.63. The van der Waals surface area contributed by atoms with Gasteiger partial charge in [0, 0.05) is 14.2 Å². The van der Waals surface area contributed by atoms with Crippen molar-refractivity contribution in [3.05, 3.63) is 61.1 Å². The molecule has 19 heavy (non-hydrogen) atoms. The van der Waals surface area contributed by atoms with Gasteiger partial charge in [-0.05, 0) is 52.4 Å². The Morgan fingerprint density at radius 2 is 1.74 bits per heavy atom. The smallest absolute Gasteiger partial charge is 0.142 e. The zero-order valence-corrected chi connectivity index (χ0v) is 14.2. The minimum absolute atomic E-state index is 0.308. The largest absolute Gasteiger partial charge is 0.487 e. The molecule has 0 spiro atoms. The molecule has 0 aliphatic heterocycles. The van der Waals surface area contributed by atoms with Gasteiger partial charge in [-0.2, -0.15) is 0 Å². The van der Waals surface area contributed by atoms with Crippen molar-refractivity contribution < 1.29 is 4.74 Å². The van der Waals surface area contributed by atoms with Gasteiger partial charge in [0.25, 0.3) is 0 Å². The third-order valence-electron chi connectivity index (χ3n) is 2.53. The van der Waals surface area contributed by atoms with Gasteiger partial charge in [0.1, 0.15) is 12.4 Å². The molecule has 0 unspecified atom stereocenters. The van der Waals surface area contributed by atoms with E-state index in [0.717, 1.165) is 11.1 Å². The zero-order valence-electron chi connectivity index (χ0n) is 9.80. The first-order valence-electron chi connectivity index (χ1n) is 5.51. The predicted octanol–water partition coefficient (Wildman–Crippen LogP) is 5.92. The van der Waals surface area contributed by atoms with E-state index in [9.17, 15) is 0 Å². The summed E-state index contributed by atoms with van der Waals surface area (Å²) < 4.78 is 6.95. The fourth-order valence-corrected chi connectivity index (χ4v) is 2.76. The fourth-order valence-electron chi connectivity index (χ4n) is 1.61. The number of hydrogen-bond acceptors (Lipinski definition) is 1. The molecule has 0 aliphatic carbocycles. The number of alkyl halides is 1. The molecular formula is C14H10Cl3IO. The van der Waals surface area contributed by atoms with Gasteiger partial charge in [-0.15, -0.1) is 11.6 Å². The summed E-state index contributed by atoms with van der Waals surface area (Å²) in [7, 11) is 0. The first-order valence-corrected chi connectivity index (χ1v) is 7.88. The number of halogens is 4. The van der Waals surface area contributed by atoms with Gasteiger partial charge >= 0.3 is 0 Å². The first kappa shape index (κ1) is 15.2. The van der Waals surface area contributed by atoms with E-state index < -0.39 is 0 Å². The van der Waals surface area contributed by atoms with Crippen LogP contribution >= 0.6 is 57.4 Å². The predicted molar refractivity (Wildman–Crippen MR) is 89.5 cm³/mol. The molecule has 0 saturated carbocycles. The van der Waals surface area contributed by atoms with E-state index in [4.69, 9.17) is 39.5 Å². The van der Waals surface area contributed by atoms with Crippen LogP contribution in [0.3, 0.4) is 0 Å². The Hall–Kier alpha value is -0.160. The highest BCUT2D eigenvalue weighted by Crippen LogP contribution is 2.34. The van der Waals surface area contributed by atoms with Crippen molar-refractivity contribution in [3.63, 3.8) is 0 Å². The molecule has 2 aromatic carbocycles. The van der Waals surface area contributed by atoms with Crippen molar-refractivity contribution in [2.24, 2.45) is 0 Å². The van der Waals surface area contributed by atoms with Gasteiger partial charge in [-0.25, -0.2) is 0 Å². The molecule has 0 N–H and O–H groups in total. The van der Waals surface area contributed by atoms with Crippen LogP contribution in [0, 0.1) is 3.57 Å². The van der Waals surface area contributed by atoms with E-state index in [0.29, 0.717) is 28.3 Å². The topological polar surface area (TPSA) is 9.23 Å². The van der Waals surface area contributed by atoms with Crippen LogP contribution < -0.4 is 4.74 Å². The fraction of sp³-hybridized carbons (Fsp3) is 0.143. The standard InChI is InChI=1S/C14H10Cl3IO/c15-7-10-5-11(16)6-13(17)14(10)19-8-9-1-3-12(18)4-2-9/h1-6H,7-8H2. The molecule has 0 fully saturated rings. The first-order chi connectivity index (χ1) is 9.10. The van der Waals surface area contributed by atoms with E-state index in [1.165, 1.54) is 3.57 Å². The highest BCUT2D eigenvalue weighted by atomic mass is 127. The molecule has 2 aromatic rings. The molecule has 0 bridgehead atoms. The lowest BCUT2D eigenvalue weighted by Gasteiger charge is -2.12. The normalized spacial score (nSPS) is 10.5. The zero-order chi connectivity index (χ0) is 13.8. The summed E-state index contributed by atoms with van der Waals surface area (Å²) >= 11 is 20.2. The monoisotopic (exact) mass is 426 g/mol. The number of benzene rings is 2. The van der Waals surface area contributed by atoms with E-state index in [-0.39, 0.29) is 0 Å². The summed E-state index contributed by atoms with van der Waals surface area (Å²) in [5.41, 5.74) is 1.87. The van der Waals surface area contributed by atoms with Crippen LogP contribution in [0.2, 0.25) is 10.0 Å². The van der Waals surface area contributed by atoms with Crippen LogP contribution in [0.4, 0.5) is 0 Å². The molecule has 0 saturated heterocycles. The van der Waals surface area contributed by atoms with Gasteiger partial charge < -0.3 is 4.74 Å². The van der Waals surface area contributed by atoms with Gasteiger partial charge in [0.05, 0.1) is 10.9 Å². The summed E-state index contributed by atoms with van der Waals surface area (Å²) in [5, 5.41) is 1.04. The lowest BCUT2D eigenvalue weighted by atomic mass is 10.2. The molecular weight excluding hydrogens is 417 g/mol. The molecule has 0 heterocycles. The van der Waals surface area contributed by atoms with Crippen molar-refractivity contribution >= 4 is 57.4 Å².